The average molecular weight is 328 g/mol. The lowest BCUT2D eigenvalue weighted by Crippen LogP contribution is -2.38. The van der Waals surface area contributed by atoms with E-state index in [9.17, 15) is 14.4 Å². The molecule has 7 nitrogen and oxygen atoms in total. The lowest BCUT2D eigenvalue weighted by atomic mass is 10.2. The summed E-state index contributed by atoms with van der Waals surface area (Å²) in [7, 11) is 0. The summed E-state index contributed by atoms with van der Waals surface area (Å²) < 4.78 is 0.984. The minimum Gasteiger partial charge on any atom is -0.352 e. The van der Waals surface area contributed by atoms with Gasteiger partial charge in [-0.3, -0.25) is 14.4 Å². The number of anilines is 1. The van der Waals surface area contributed by atoms with Crippen molar-refractivity contribution in [3.63, 3.8) is 0 Å². The van der Waals surface area contributed by atoms with Crippen molar-refractivity contribution in [3.05, 3.63) is 58.5 Å². The maximum absolute atomic E-state index is 12.2. The van der Waals surface area contributed by atoms with E-state index in [1.807, 2.05) is 19.9 Å². The van der Waals surface area contributed by atoms with E-state index in [1.165, 1.54) is 12.1 Å². The van der Waals surface area contributed by atoms with Crippen molar-refractivity contribution in [2.75, 3.05) is 5.32 Å². The van der Waals surface area contributed by atoms with Gasteiger partial charge in [0.2, 0.25) is 5.91 Å². The topological polar surface area (TPSA) is 93.1 Å². The second-order valence-electron chi connectivity index (χ2n) is 5.41. The van der Waals surface area contributed by atoms with Crippen LogP contribution in [0.15, 0.2) is 47.3 Å². The van der Waals surface area contributed by atoms with Crippen molar-refractivity contribution < 1.29 is 9.59 Å². The maximum Gasteiger partial charge on any atom is 0.276 e. The SMILES string of the molecule is CC[C@@H](C)NC(=O)Cn1nc(C(=O)Nc2ccccc2)ccc1=O. The number of rotatable bonds is 6. The van der Waals surface area contributed by atoms with Gasteiger partial charge in [-0.05, 0) is 31.5 Å². The molecular weight excluding hydrogens is 308 g/mol. The number of hydrogen-bond donors (Lipinski definition) is 2. The number of carbonyl (C=O) groups excluding carboxylic acids is 2. The fourth-order valence-corrected chi connectivity index (χ4v) is 1.96. The van der Waals surface area contributed by atoms with Gasteiger partial charge in [0.25, 0.3) is 11.5 Å². The van der Waals surface area contributed by atoms with E-state index in [1.54, 1.807) is 24.3 Å². The van der Waals surface area contributed by atoms with Gasteiger partial charge >= 0.3 is 0 Å². The normalized spacial score (nSPS) is 11.6. The molecule has 1 aromatic carbocycles. The molecule has 0 saturated carbocycles. The van der Waals surface area contributed by atoms with E-state index in [0.717, 1.165) is 11.1 Å². The zero-order chi connectivity index (χ0) is 17.5. The number of para-hydroxylation sites is 1. The molecule has 0 fully saturated rings. The molecule has 0 saturated heterocycles. The Kier molecular flexibility index (Phi) is 5.83. The van der Waals surface area contributed by atoms with Crippen LogP contribution < -0.4 is 16.2 Å². The third kappa shape index (κ3) is 4.77. The summed E-state index contributed by atoms with van der Waals surface area (Å²) in [6, 6.07) is 11.5. The van der Waals surface area contributed by atoms with Gasteiger partial charge < -0.3 is 10.6 Å². The number of amides is 2. The molecule has 0 unspecified atom stereocenters. The summed E-state index contributed by atoms with van der Waals surface area (Å²) in [6.07, 6.45) is 0.785. The fourth-order valence-electron chi connectivity index (χ4n) is 1.96. The Labute approximate surface area is 139 Å². The number of nitrogens with zero attached hydrogens (tertiary/aromatic N) is 2. The summed E-state index contributed by atoms with van der Waals surface area (Å²) in [4.78, 5) is 35.9. The first-order valence-electron chi connectivity index (χ1n) is 7.73. The van der Waals surface area contributed by atoms with Crippen molar-refractivity contribution in [1.29, 1.82) is 0 Å². The zero-order valence-corrected chi connectivity index (χ0v) is 13.7. The Morgan fingerprint density at radius 3 is 2.54 bits per heavy atom. The van der Waals surface area contributed by atoms with Gasteiger partial charge in [-0.15, -0.1) is 0 Å². The standard InChI is InChI=1S/C17H20N4O3/c1-3-12(2)18-15(22)11-21-16(23)10-9-14(20-21)17(24)19-13-7-5-4-6-8-13/h4-10,12H,3,11H2,1-2H3,(H,18,22)(H,19,24)/t12-/m1/s1. The monoisotopic (exact) mass is 328 g/mol. The summed E-state index contributed by atoms with van der Waals surface area (Å²) in [6.45, 7) is 3.59. The van der Waals surface area contributed by atoms with E-state index in [4.69, 9.17) is 0 Å². The first-order chi connectivity index (χ1) is 11.5. The number of aromatic nitrogens is 2. The maximum atomic E-state index is 12.2. The first kappa shape index (κ1) is 17.4. The van der Waals surface area contributed by atoms with Crippen LogP contribution in [-0.2, 0) is 11.3 Å². The highest BCUT2D eigenvalue weighted by Gasteiger charge is 2.13. The Hall–Kier alpha value is -2.96. The molecule has 0 aliphatic heterocycles. The van der Waals surface area contributed by atoms with E-state index in [2.05, 4.69) is 15.7 Å². The van der Waals surface area contributed by atoms with Crippen LogP contribution in [0.5, 0.6) is 0 Å². The molecule has 2 amide bonds. The van der Waals surface area contributed by atoms with Gasteiger partial charge in [0.1, 0.15) is 12.2 Å². The number of carbonyl (C=O) groups is 2. The Morgan fingerprint density at radius 2 is 1.88 bits per heavy atom. The highest BCUT2D eigenvalue weighted by atomic mass is 16.2. The highest BCUT2D eigenvalue weighted by molar-refractivity contribution is 6.02. The summed E-state index contributed by atoms with van der Waals surface area (Å²) >= 11 is 0. The Morgan fingerprint density at radius 1 is 1.17 bits per heavy atom. The highest BCUT2D eigenvalue weighted by Crippen LogP contribution is 2.06. The van der Waals surface area contributed by atoms with Gasteiger partial charge in [0, 0.05) is 17.8 Å². The minimum absolute atomic E-state index is 0.0118. The molecule has 0 aliphatic carbocycles. The summed E-state index contributed by atoms with van der Waals surface area (Å²) in [5, 5.41) is 9.41. The Bertz CT molecular complexity index is 771. The lowest BCUT2D eigenvalue weighted by Gasteiger charge is -2.12. The molecule has 1 heterocycles. The van der Waals surface area contributed by atoms with Crippen molar-refractivity contribution >= 4 is 17.5 Å². The largest absolute Gasteiger partial charge is 0.352 e. The minimum atomic E-state index is -0.447. The van der Waals surface area contributed by atoms with Crippen LogP contribution in [0, 0.1) is 0 Å². The molecule has 2 rings (SSSR count). The van der Waals surface area contributed by atoms with E-state index < -0.39 is 11.5 Å². The van der Waals surface area contributed by atoms with Crippen molar-refractivity contribution in [2.45, 2.75) is 32.9 Å². The van der Waals surface area contributed by atoms with E-state index in [-0.39, 0.29) is 24.2 Å². The van der Waals surface area contributed by atoms with Crippen LogP contribution in [0.3, 0.4) is 0 Å². The molecule has 2 N–H and O–H groups in total. The van der Waals surface area contributed by atoms with E-state index in [0.29, 0.717) is 5.69 Å². The van der Waals surface area contributed by atoms with E-state index >= 15 is 0 Å². The number of benzene rings is 1. The Balaban J connectivity index is 2.11. The van der Waals surface area contributed by atoms with Crippen LogP contribution in [0.2, 0.25) is 0 Å². The number of nitrogens with one attached hydrogen (secondary N) is 2. The van der Waals surface area contributed by atoms with Crippen LogP contribution >= 0.6 is 0 Å². The molecule has 0 aliphatic rings. The van der Waals surface area contributed by atoms with Gasteiger partial charge in [0.15, 0.2) is 0 Å². The summed E-state index contributed by atoms with van der Waals surface area (Å²) in [5.41, 5.74) is 0.247. The molecule has 0 spiro atoms. The van der Waals surface area contributed by atoms with Crippen molar-refractivity contribution in [3.8, 4) is 0 Å². The smallest absolute Gasteiger partial charge is 0.276 e. The molecule has 0 radical (unpaired) electrons. The van der Waals surface area contributed by atoms with Crippen LogP contribution in [0.25, 0.3) is 0 Å². The third-order valence-corrected chi connectivity index (χ3v) is 3.44. The summed E-state index contributed by atoms with van der Waals surface area (Å²) in [5.74, 6) is -0.767. The van der Waals surface area contributed by atoms with Gasteiger partial charge in [-0.1, -0.05) is 25.1 Å². The average Bonchev–Trinajstić information content (AvgIpc) is 2.57. The van der Waals surface area contributed by atoms with Gasteiger partial charge in [-0.25, -0.2) is 4.68 Å². The van der Waals surface area contributed by atoms with Crippen molar-refractivity contribution in [2.24, 2.45) is 0 Å². The molecule has 1 atom stereocenters. The predicted molar refractivity (Wildman–Crippen MR) is 90.8 cm³/mol. The first-order valence-corrected chi connectivity index (χ1v) is 7.73. The lowest BCUT2D eigenvalue weighted by molar-refractivity contribution is -0.122. The third-order valence-electron chi connectivity index (χ3n) is 3.44. The predicted octanol–water partition coefficient (Wildman–Crippen LogP) is 1.41. The van der Waals surface area contributed by atoms with Crippen molar-refractivity contribution in [1.82, 2.24) is 15.1 Å². The number of hydrogen-bond acceptors (Lipinski definition) is 4. The molecular formula is C17H20N4O3. The van der Waals surface area contributed by atoms with Crippen LogP contribution in [0.1, 0.15) is 30.8 Å². The van der Waals surface area contributed by atoms with Gasteiger partial charge in [-0.2, -0.15) is 5.10 Å². The fraction of sp³-hybridized carbons (Fsp3) is 0.294. The quantitative estimate of drug-likeness (QED) is 0.838. The molecule has 1 aromatic heterocycles. The molecule has 7 heteroatoms. The molecule has 24 heavy (non-hydrogen) atoms. The molecule has 126 valence electrons. The molecule has 2 aromatic rings. The zero-order valence-electron chi connectivity index (χ0n) is 13.7. The van der Waals surface area contributed by atoms with Gasteiger partial charge in [0.05, 0.1) is 0 Å². The second kappa shape index (κ2) is 8.05. The molecule has 0 bridgehead atoms. The van der Waals surface area contributed by atoms with Crippen LogP contribution in [0.4, 0.5) is 5.69 Å². The second-order valence-corrected chi connectivity index (χ2v) is 5.41. The van der Waals surface area contributed by atoms with Crippen LogP contribution in [-0.4, -0.2) is 27.6 Å².